The van der Waals surface area contributed by atoms with Crippen LogP contribution in [0.5, 0.6) is 11.5 Å². The number of anilines is 2. The van der Waals surface area contributed by atoms with Crippen LogP contribution in [-0.4, -0.2) is 16.3 Å². The molecule has 168 valence electrons. The molecule has 3 aromatic carbocycles. The second kappa shape index (κ2) is 9.33. The number of aldehydes is 1. The van der Waals surface area contributed by atoms with Gasteiger partial charge in [-0.25, -0.2) is 14.4 Å². The van der Waals surface area contributed by atoms with Gasteiger partial charge in [-0.3, -0.25) is 0 Å². The van der Waals surface area contributed by atoms with Gasteiger partial charge in [0.2, 0.25) is 0 Å². The Morgan fingerprint density at radius 3 is 2.76 bits per heavy atom. The normalized spacial score (nSPS) is 10.9. The van der Waals surface area contributed by atoms with E-state index in [1.807, 2.05) is 24.3 Å². The number of furan rings is 1. The van der Waals surface area contributed by atoms with Crippen molar-refractivity contribution in [1.29, 1.82) is 0 Å². The number of carbonyl (C=O) groups is 1. The van der Waals surface area contributed by atoms with E-state index >= 15 is 0 Å². The quantitative estimate of drug-likeness (QED) is 0.257. The van der Waals surface area contributed by atoms with E-state index in [0.717, 1.165) is 22.8 Å². The molecule has 5 rings (SSSR count). The highest BCUT2D eigenvalue weighted by Gasteiger charge is 2.11. The molecule has 0 spiro atoms. The van der Waals surface area contributed by atoms with E-state index in [1.165, 1.54) is 18.5 Å². The monoisotopic (exact) mass is 473 g/mol. The molecular weight excluding hydrogens is 457 g/mol. The molecule has 1 N–H and O–H groups in total. The van der Waals surface area contributed by atoms with Crippen molar-refractivity contribution in [3.05, 3.63) is 95.7 Å². The number of nitrogens with zero attached hydrogens (tertiary/aromatic N) is 2. The number of halogens is 2. The molecule has 0 aliphatic heterocycles. The Hall–Kier alpha value is -4.23. The fourth-order valence-electron chi connectivity index (χ4n) is 3.49. The first-order valence-electron chi connectivity index (χ1n) is 10.4. The molecule has 2 heterocycles. The average molecular weight is 474 g/mol. The molecule has 34 heavy (non-hydrogen) atoms. The Balaban J connectivity index is 1.42. The molecule has 6 nitrogen and oxygen atoms in total. The minimum Gasteiger partial charge on any atom is -0.461 e. The number of carbonyl (C=O) groups excluding carboxylic acids is 1. The predicted molar refractivity (Wildman–Crippen MR) is 128 cm³/mol. The molecule has 0 saturated heterocycles. The van der Waals surface area contributed by atoms with E-state index in [0.29, 0.717) is 39.5 Å². The van der Waals surface area contributed by atoms with Gasteiger partial charge in [0, 0.05) is 22.7 Å². The molecule has 0 amide bonds. The number of fused-ring (bicyclic) bond motifs is 1. The standard InChI is InChI=1S/C26H17ClFN3O3/c27-22-14-18(5-8-25(22)34-20-3-1-2-17(28)13-20)31-26-21-12-16(4-7-23(21)29-15-30-26)24-9-6-19(33-24)10-11-32/h1-9,11-15H,10H2,(H,29,30,31). The zero-order valence-corrected chi connectivity index (χ0v) is 18.4. The Morgan fingerprint density at radius 2 is 1.94 bits per heavy atom. The first kappa shape index (κ1) is 21.6. The SMILES string of the molecule is O=CCc1ccc(-c2ccc3ncnc(Nc4ccc(Oc5cccc(F)c5)c(Cl)c4)c3c2)o1. The highest BCUT2D eigenvalue weighted by atomic mass is 35.5. The van der Waals surface area contributed by atoms with Crippen molar-refractivity contribution < 1.29 is 18.3 Å². The maximum absolute atomic E-state index is 13.4. The average Bonchev–Trinajstić information content (AvgIpc) is 3.30. The molecule has 0 atom stereocenters. The zero-order valence-electron chi connectivity index (χ0n) is 17.7. The highest BCUT2D eigenvalue weighted by molar-refractivity contribution is 6.32. The third-order valence-electron chi connectivity index (χ3n) is 5.08. The lowest BCUT2D eigenvalue weighted by molar-refractivity contribution is -0.107. The van der Waals surface area contributed by atoms with Crippen LogP contribution >= 0.6 is 11.6 Å². The maximum atomic E-state index is 13.4. The van der Waals surface area contributed by atoms with E-state index in [1.54, 1.807) is 36.4 Å². The number of ether oxygens (including phenoxy) is 1. The summed E-state index contributed by atoms with van der Waals surface area (Å²) in [7, 11) is 0. The van der Waals surface area contributed by atoms with Crippen molar-refractivity contribution >= 4 is 40.3 Å². The van der Waals surface area contributed by atoms with Gasteiger partial charge in [-0.1, -0.05) is 17.7 Å². The van der Waals surface area contributed by atoms with Gasteiger partial charge in [0.25, 0.3) is 0 Å². The number of hydrogen-bond acceptors (Lipinski definition) is 6. The number of hydrogen-bond donors (Lipinski definition) is 1. The summed E-state index contributed by atoms with van der Waals surface area (Å²) in [5, 5.41) is 4.40. The largest absolute Gasteiger partial charge is 0.461 e. The van der Waals surface area contributed by atoms with Crippen molar-refractivity contribution in [2.24, 2.45) is 0 Å². The van der Waals surface area contributed by atoms with E-state index in [9.17, 15) is 9.18 Å². The van der Waals surface area contributed by atoms with E-state index in [4.69, 9.17) is 20.8 Å². The van der Waals surface area contributed by atoms with Gasteiger partial charge in [0.05, 0.1) is 17.0 Å². The molecule has 0 bridgehead atoms. The van der Waals surface area contributed by atoms with Gasteiger partial charge >= 0.3 is 0 Å². The summed E-state index contributed by atoms with van der Waals surface area (Å²) in [6.45, 7) is 0. The van der Waals surface area contributed by atoms with Crippen LogP contribution in [-0.2, 0) is 11.2 Å². The van der Waals surface area contributed by atoms with Crippen LogP contribution in [0.4, 0.5) is 15.9 Å². The lowest BCUT2D eigenvalue weighted by Crippen LogP contribution is -1.97. The molecule has 0 aliphatic rings. The van der Waals surface area contributed by atoms with Crippen molar-refractivity contribution in [3.8, 4) is 22.8 Å². The van der Waals surface area contributed by atoms with Crippen LogP contribution in [0.15, 0.2) is 83.5 Å². The molecule has 0 unspecified atom stereocenters. The smallest absolute Gasteiger partial charge is 0.146 e. The lowest BCUT2D eigenvalue weighted by Gasteiger charge is -2.12. The highest BCUT2D eigenvalue weighted by Crippen LogP contribution is 2.34. The first-order valence-corrected chi connectivity index (χ1v) is 10.7. The molecule has 8 heteroatoms. The number of aromatic nitrogens is 2. The van der Waals surface area contributed by atoms with Crippen molar-refractivity contribution in [2.45, 2.75) is 6.42 Å². The Bertz CT molecular complexity index is 1500. The van der Waals surface area contributed by atoms with Crippen LogP contribution in [0.3, 0.4) is 0 Å². The third kappa shape index (κ3) is 4.60. The molecule has 0 fully saturated rings. The minimum atomic E-state index is -0.392. The predicted octanol–water partition coefficient (Wildman–Crippen LogP) is 6.96. The summed E-state index contributed by atoms with van der Waals surface area (Å²) in [5.74, 6) is 2.19. The van der Waals surface area contributed by atoms with Crippen molar-refractivity contribution in [2.75, 3.05) is 5.32 Å². The minimum absolute atomic E-state index is 0.225. The summed E-state index contributed by atoms with van der Waals surface area (Å²) in [5.41, 5.74) is 2.27. The molecule has 5 aromatic rings. The van der Waals surface area contributed by atoms with Crippen LogP contribution < -0.4 is 10.1 Å². The van der Waals surface area contributed by atoms with Crippen LogP contribution in [0.2, 0.25) is 5.02 Å². The summed E-state index contributed by atoms with van der Waals surface area (Å²) < 4.78 is 24.9. The summed E-state index contributed by atoms with van der Waals surface area (Å²) in [4.78, 5) is 19.5. The van der Waals surface area contributed by atoms with E-state index in [-0.39, 0.29) is 6.42 Å². The molecule has 2 aromatic heterocycles. The van der Waals surface area contributed by atoms with E-state index in [2.05, 4.69) is 15.3 Å². The van der Waals surface area contributed by atoms with Gasteiger partial charge in [-0.05, 0) is 60.7 Å². The maximum Gasteiger partial charge on any atom is 0.146 e. The number of rotatable bonds is 7. The summed E-state index contributed by atoms with van der Waals surface area (Å²) >= 11 is 6.41. The van der Waals surface area contributed by atoms with Gasteiger partial charge < -0.3 is 19.3 Å². The molecular formula is C26H17ClFN3O3. The van der Waals surface area contributed by atoms with Crippen LogP contribution in [0, 0.1) is 5.82 Å². The Morgan fingerprint density at radius 1 is 1.03 bits per heavy atom. The number of benzene rings is 3. The van der Waals surface area contributed by atoms with Crippen LogP contribution in [0.25, 0.3) is 22.2 Å². The molecule has 0 radical (unpaired) electrons. The third-order valence-corrected chi connectivity index (χ3v) is 5.38. The first-order chi connectivity index (χ1) is 16.6. The Labute approximate surface area is 199 Å². The summed E-state index contributed by atoms with van der Waals surface area (Å²) in [6, 6.07) is 20.3. The van der Waals surface area contributed by atoms with Gasteiger partial charge in [0.1, 0.15) is 47.3 Å². The van der Waals surface area contributed by atoms with Crippen LogP contribution in [0.1, 0.15) is 5.76 Å². The fraction of sp³-hybridized carbons (Fsp3) is 0.0385. The van der Waals surface area contributed by atoms with Crippen molar-refractivity contribution in [3.63, 3.8) is 0 Å². The van der Waals surface area contributed by atoms with Crippen molar-refractivity contribution in [1.82, 2.24) is 9.97 Å². The lowest BCUT2D eigenvalue weighted by atomic mass is 10.1. The molecule has 0 saturated carbocycles. The summed E-state index contributed by atoms with van der Waals surface area (Å²) in [6.07, 6.45) is 2.50. The molecule has 0 aliphatic carbocycles. The van der Waals surface area contributed by atoms with Gasteiger partial charge in [-0.15, -0.1) is 0 Å². The zero-order chi connectivity index (χ0) is 23.5. The Kier molecular flexibility index (Phi) is 5.93. The number of nitrogens with one attached hydrogen (secondary N) is 1. The second-order valence-corrected chi connectivity index (χ2v) is 7.83. The van der Waals surface area contributed by atoms with Gasteiger partial charge in [-0.2, -0.15) is 0 Å². The second-order valence-electron chi connectivity index (χ2n) is 7.42. The topological polar surface area (TPSA) is 77.2 Å². The van der Waals surface area contributed by atoms with Gasteiger partial charge in [0.15, 0.2) is 0 Å². The fourth-order valence-corrected chi connectivity index (χ4v) is 3.71. The van der Waals surface area contributed by atoms with E-state index < -0.39 is 5.82 Å².